The van der Waals surface area contributed by atoms with E-state index in [1.807, 2.05) is 0 Å². The Balaban J connectivity index is 3.14. The number of rotatable bonds is 6. The molecular weight excluding hydrogens is 300 g/mol. The van der Waals surface area contributed by atoms with Crippen LogP contribution in [0, 0.1) is 0 Å². The number of ether oxygens (including phenoxy) is 2. The molecule has 1 aromatic heterocycles. The van der Waals surface area contributed by atoms with Gasteiger partial charge >= 0.3 is 11.9 Å². The van der Waals surface area contributed by atoms with Gasteiger partial charge in [-0.2, -0.15) is 0 Å². The summed E-state index contributed by atoms with van der Waals surface area (Å²) in [6.07, 6.45) is 0.968. The van der Waals surface area contributed by atoms with E-state index in [0.717, 1.165) is 12.3 Å². The number of carbonyl (C=O) groups excluding carboxylic acids is 2. The van der Waals surface area contributed by atoms with Gasteiger partial charge in [-0.1, -0.05) is 0 Å². The third-order valence-corrected chi connectivity index (χ3v) is 3.33. The maximum absolute atomic E-state index is 11.8. The molecule has 1 aromatic rings. The number of pyridine rings is 1. The van der Waals surface area contributed by atoms with Crippen molar-refractivity contribution in [2.24, 2.45) is 5.14 Å². The zero-order valence-electron chi connectivity index (χ0n) is 11.6. The van der Waals surface area contributed by atoms with E-state index >= 15 is 0 Å². The normalized spacial score (nSPS) is 11.2. The number of nitrogens with two attached hydrogens (primary N) is 1. The zero-order chi connectivity index (χ0) is 16.0. The van der Waals surface area contributed by atoms with Gasteiger partial charge in [0.1, 0.15) is 4.90 Å². The number of hydrogen-bond acceptors (Lipinski definition) is 7. The Labute approximate surface area is 122 Å². The Morgan fingerprint density at radius 2 is 1.71 bits per heavy atom. The van der Waals surface area contributed by atoms with E-state index in [2.05, 4.69) is 4.98 Å². The Morgan fingerprint density at radius 3 is 2.05 bits per heavy atom. The number of aromatic nitrogens is 1. The summed E-state index contributed by atoms with van der Waals surface area (Å²) in [7, 11) is -3.90. The molecule has 0 aliphatic carbocycles. The molecule has 21 heavy (non-hydrogen) atoms. The molecule has 0 atom stereocenters. The van der Waals surface area contributed by atoms with Crippen molar-refractivity contribution < 1.29 is 27.5 Å². The average molecular weight is 316 g/mol. The Hall–Kier alpha value is -2.00. The topological polar surface area (TPSA) is 126 Å². The molecule has 0 radical (unpaired) electrons. The van der Waals surface area contributed by atoms with E-state index in [9.17, 15) is 18.0 Å². The van der Waals surface area contributed by atoms with E-state index in [0.29, 0.717) is 0 Å². The first kappa shape index (κ1) is 17.1. The molecular formula is C12H16N2O6S. The third kappa shape index (κ3) is 4.50. The Kier molecular flexibility index (Phi) is 5.79. The van der Waals surface area contributed by atoms with Crippen molar-refractivity contribution in [3.05, 3.63) is 24.0 Å². The summed E-state index contributed by atoms with van der Waals surface area (Å²) in [6, 6.07) is 2.38. The predicted molar refractivity (Wildman–Crippen MR) is 71.6 cm³/mol. The fourth-order valence-electron chi connectivity index (χ4n) is 1.52. The highest BCUT2D eigenvalue weighted by Gasteiger charge is 2.32. The van der Waals surface area contributed by atoms with Gasteiger partial charge in [0.05, 0.1) is 18.9 Å². The van der Waals surface area contributed by atoms with Crippen LogP contribution in [0.3, 0.4) is 0 Å². The quantitative estimate of drug-likeness (QED) is 0.575. The first-order valence-corrected chi connectivity index (χ1v) is 7.67. The second-order valence-corrected chi connectivity index (χ2v) is 5.46. The van der Waals surface area contributed by atoms with Gasteiger partial charge in [0.25, 0.3) is 0 Å². The summed E-state index contributed by atoms with van der Waals surface area (Å²) in [5, 5.41) is 4.95. The van der Waals surface area contributed by atoms with Gasteiger partial charge in [0, 0.05) is 6.20 Å². The van der Waals surface area contributed by atoms with Gasteiger partial charge in [0.2, 0.25) is 10.0 Å². The Morgan fingerprint density at radius 1 is 1.19 bits per heavy atom. The van der Waals surface area contributed by atoms with Gasteiger partial charge in [-0.25, -0.2) is 13.6 Å². The van der Waals surface area contributed by atoms with Gasteiger partial charge < -0.3 is 9.47 Å². The van der Waals surface area contributed by atoms with Crippen molar-refractivity contribution in [2.45, 2.75) is 24.7 Å². The molecule has 0 aromatic carbocycles. The van der Waals surface area contributed by atoms with Crippen molar-refractivity contribution in [3.8, 4) is 0 Å². The zero-order valence-corrected chi connectivity index (χ0v) is 12.4. The molecule has 1 heterocycles. The SMILES string of the molecule is CCOC(=O)C(C(=O)OCC)c1ccc(S(N)(=O)=O)cn1. The van der Waals surface area contributed by atoms with Crippen molar-refractivity contribution in [1.82, 2.24) is 4.98 Å². The molecule has 0 aliphatic heterocycles. The van der Waals surface area contributed by atoms with Crippen LogP contribution in [0.5, 0.6) is 0 Å². The van der Waals surface area contributed by atoms with E-state index in [1.165, 1.54) is 6.07 Å². The minimum Gasteiger partial charge on any atom is -0.465 e. The summed E-state index contributed by atoms with van der Waals surface area (Å²) < 4.78 is 31.9. The van der Waals surface area contributed by atoms with E-state index in [-0.39, 0.29) is 23.8 Å². The molecule has 2 N–H and O–H groups in total. The maximum Gasteiger partial charge on any atom is 0.326 e. The first-order chi connectivity index (χ1) is 9.81. The lowest BCUT2D eigenvalue weighted by atomic mass is 10.1. The standard InChI is InChI=1S/C12H16N2O6S/c1-3-19-11(15)10(12(16)20-4-2)9-6-5-8(7-14-9)21(13,17)18/h5-7,10H,3-4H2,1-2H3,(H2,13,17,18). The minimum absolute atomic E-state index is 0.0271. The molecule has 9 heteroatoms. The molecule has 0 fully saturated rings. The second-order valence-electron chi connectivity index (χ2n) is 3.90. The molecule has 0 unspecified atom stereocenters. The highest BCUT2D eigenvalue weighted by molar-refractivity contribution is 7.89. The van der Waals surface area contributed by atoms with Crippen LogP contribution in [0.25, 0.3) is 0 Å². The highest BCUT2D eigenvalue weighted by atomic mass is 32.2. The molecule has 1 rings (SSSR count). The summed E-state index contributed by atoms with van der Waals surface area (Å²) in [6.45, 7) is 3.36. The molecule has 8 nitrogen and oxygen atoms in total. The number of esters is 2. The van der Waals surface area contributed by atoms with E-state index < -0.39 is 27.9 Å². The number of hydrogen-bond donors (Lipinski definition) is 1. The van der Waals surface area contributed by atoms with Crippen LogP contribution in [-0.2, 0) is 29.1 Å². The number of carbonyl (C=O) groups is 2. The van der Waals surface area contributed by atoms with E-state index in [4.69, 9.17) is 14.6 Å². The molecule has 0 saturated carbocycles. The fourth-order valence-corrected chi connectivity index (χ4v) is 1.98. The summed E-state index contributed by atoms with van der Waals surface area (Å²) >= 11 is 0. The Bertz CT molecular complexity index is 593. The number of primary sulfonamides is 1. The van der Waals surface area contributed by atoms with Crippen molar-refractivity contribution in [3.63, 3.8) is 0 Å². The molecule has 0 aliphatic rings. The lowest BCUT2D eigenvalue weighted by Gasteiger charge is -2.14. The lowest BCUT2D eigenvalue weighted by Crippen LogP contribution is -2.27. The summed E-state index contributed by atoms with van der Waals surface area (Å²) in [5.41, 5.74) is 0.0271. The van der Waals surface area contributed by atoms with Gasteiger partial charge in [-0.05, 0) is 26.0 Å². The van der Waals surface area contributed by atoms with Crippen LogP contribution in [0.1, 0.15) is 25.5 Å². The average Bonchev–Trinajstić information content (AvgIpc) is 2.39. The second kappa shape index (κ2) is 7.14. The predicted octanol–water partition coefficient (Wildman–Crippen LogP) is -0.0612. The van der Waals surface area contributed by atoms with Crippen molar-refractivity contribution in [2.75, 3.05) is 13.2 Å². The van der Waals surface area contributed by atoms with Crippen LogP contribution in [-0.4, -0.2) is 38.6 Å². The van der Waals surface area contributed by atoms with Crippen LogP contribution in [0.4, 0.5) is 0 Å². The van der Waals surface area contributed by atoms with Crippen LogP contribution in [0.15, 0.2) is 23.2 Å². The molecule has 0 bridgehead atoms. The van der Waals surface area contributed by atoms with Crippen LogP contribution in [0.2, 0.25) is 0 Å². The lowest BCUT2D eigenvalue weighted by molar-refractivity contribution is -0.157. The van der Waals surface area contributed by atoms with Crippen molar-refractivity contribution >= 4 is 22.0 Å². The molecule has 116 valence electrons. The first-order valence-electron chi connectivity index (χ1n) is 6.13. The van der Waals surface area contributed by atoms with Crippen molar-refractivity contribution in [1.29, 1.82) is 0 Å². The fraction of sp³-hybridized carbons (Fsp3) is 0.417. The number of nitrogens with zero attached hydrogens (tertiary/aromatic N) is 1. The summed E-state index contributed by atoms with van der Waals surface area (Å²) in [5.74, 6) is -2.99. The smallest absolute Gasteiger partial charge is 0.326 e. The monoisotopic (exact) mass is 316 g/mol. The van der Waals surface area contributed by atoms with Gasteiger partial charge in [-0.15, -0.1) is 0 Å². The van der Waals surface area contributed by atoms with Gasteiger partial charge in [0.15, 0.2) is 5.92 Å². The molecule has 0 spiro atoms. The van der Waals surface area contributed by atoms with Crippen LogP contribution < -0.4 is 5.14 Å². The van der Waals surface area contributed by atoms with E-state index in [1.54, 1.807) is 13.8 Å². The minimum atomic E-state index is -3.90. The highest BCUT2D eigenvalue weighted by Crippen LogP contribution is 2.19. The van der Waals surface area contributed by atoms with Gasteiger partial charge in [-0.3, -0.25) is 14.6 Å². The molecule has 0 amide bonds. The largest absolute Gasteiger partial charge is 0.465 e. The third-order valence-electron chi connectivity index (χ3n) is 2.43. The maximum atomic E-state index is 11.8. The van der Waals surface area contributed by atoms with Crippen LogP contribution >= 0.6 is 0 Å². The summed E-state index contributed by atoms with van der Waals surface area (Å²) in [4.78, 5) is 27.2. The number of sulfonamides is 1. The molecule has 0 saturated heterocycles.